The molecule has 2 aromatic rings. The molecule has 6 nitrogen and oxygen atoms in total. The molecule has 2 fully saturated rings. The molecule has 2 saturated heterocycles. The Labute approximate surface area is 188 Å². The number of nitrogens with zero attached hydrogens (tertiary/aromatic N) is 2. The van der Waals surface area contributed by atoms with E-state index >= 15 is 0 Å². The van der Waals surface area contributed by atoms with Crippen LogP contribution in [0.25, 0.3) is 0 Å². The standard InChI is InChI=1S/C25H31FN2O4/c1-17-14-22(11-13-27(17)24-16-21(31-2)9-10-23(24)26)32-20-7-5-18(6-8-20)28-12-3-4-19(28)15-25(29)30/h5-10,16-17,19,22H,3-4,11-15H2,1-2H3,(H,29,30). The van der Waals surface area contributed by atoms with Gasteiger partial charge in [-0.1, -0.05) is 0 Å². The molecule has 2 aromatic carbocycles. The Balaban J connectivity index is 1.36. The molecule has 2 aliphatic rings. The van der Waals surface area contributed by atoms with Crippen molar-refractivity contribution in [2.75, 3.05) is 30.0 Å². The third kappa shape index (κ3) is 4.92. The zero-order chi connectivity index (χ0) is 22.7. The molecule has 172 valence electrons. The normalized spacial score (nSPS) is 23.3. The molecule has 0 saturated carbocycles. The van der Waals surface area contributed by atoms with Gasteiger partial charge < -0.3 is 24.4 Å². The number of halogens is 1. The Morgan fingerprint density at radius 1 is 1.09 bits per heavy atom. The van der Waals surface area contributed by atoms with Gasteiger partial charge in [-0.3, -0.25) is 4.79 Å². The van der Waals surface area contributed by atoms with Gasteiger partial charge in [0.05, 0.1) is 19.2 Å². The van der Waals surface area contributed by atoms with Crippen LogP contribution in [0, 0.1) is 5.82 Å². The Hall–Kier alpha value is -2.96. The van der Waals surface area contributed by atoms with Gasteiger partial charge in [-0.15, -0.1) is 0 Å². The van der Waals surface area contributed by atoms with E-state index in [1.807, 2.05) is 24.3 Å². The molecule has 3 atom stereocenters. The van der Waals surface area contributed by atoms with E-state index in [2.05, 4.69) is 16.7 Å². The van der Waals surface area contributed by atoms with E-state index in [0.29, 0.717) is 18.0 Å². The summed E-state index contributed by atoms with van der Waals surface area (Å²) in [5.41, 5.74) is 1.61. The molecule has 4 rings (SSSR count). The van der Waals surface area contributed by atoms with Crippen LogP contribution in [0.3, 0.4) is 0 Å². The molecule has 0 aromatic heterocycles. The first-order valence-corrected chi connectivity index (χ1v) is 11.3. The molecule has 2 aliphatic heterocycles. The summed E-state index contributed by atoms with van der Waals surface area (Å²) in [4.78, 5) is 15.4. The first-order chi connectivity index (χ1) is 15.4. The lowest BCUT2D eigenvalue weighted by molar-refractivity contribution is -0.137. The smallest absolute Gasteiger partial charge is 0.305 e. The van der Waals surface area contributed by atoms with Crippen LogP contribution in [0.15, 0.2) is 42.5 Å². The Morgan fingerprint density at radius 2 is 1.84 bits per heavy atom. The average molecular weight is 443 g/mol. The van der Waals surface area contributed by atoms with Crippen molar-refractivity contribution >= 4 is 17.3 Å². The zero-order valence-corrected chi connectivity index (χ0v) is 18.7. The van der Waals surface area contributed by atoms with Gasteiger partial charge in [0, 0.05) is 49.8 Å². The number of rotatable bonds is 7. The van der Waals surface area contributed by atoms with Crippen molar-refractivity contribution in [3.05, 3.63) is 48.3 Å². The van der Waals surface area contributed by atoms with Crippen molar-refractivity contribution in [1.82, 2.24) is 0 Å². The van der Waals surface area contributed by atoms with Crippen LogP contribution in [-0.2, 0) is 4.79 Å². The van der Waals surface area contributed by atoms with Crippen molar-refractivity contribution in [1.29, 1.82) is 0 Å². The molecule has 7 heteroatoms. The quantitative estimate of drug-likeness (QED) is 0.670. The van der Waals surface area contributed by atoms with E-state index in [1.54, 1.807) is 19.2 Å². The van der Waals surface area contributed by atoms with Crippen molar-refractivity contribution < 1.29 is 23.8 Å². The third-order valence-electron chi connectivity index (χ3n) is 6.55. The molecule has 32 heavy (non-hydrogen) atoms. The summed E-state index contributed by atoms with van der Waals surface area (Å²) in [5, 5.41) is 9.14. The molecule has 0 bridgehead atoms. The van der Waals surface area contributed by atoms with Crippen LogP contribution in [0.5, 0.6) is 11.5 Å². The number of ether oxygens (including phenoxy) is 2. The lowest BCUT2D eigenvalue weighted by Gasteiger charge is -2.39. The highest BCUT2D eigenvalue weighted by Crippen LogP contribution is 2.33. The minimum Gasteiger partial charge on any atom is -0.497 e. The Kier molecular flexibility index (Phi) is 6.72. The highest BCUT2D eigenvalue weighted by atomic mass is 19.1. The molecule has 0 radical (unpaired) electrons. The number of hydrogen-bond donors (Lipinski definition) is 1. The minimum atomic E-state index is -0.754. The summed E-state index contributed by atoms with van der Waals surface area (Å²) in [7, 11) is 1.59. The maximum atomic E-state index is 14.4. The van der Waals surface area contributed by atoms with Crippen LogP contribution >= 0.6 is 0 Å². The lowest BCUT2D eigenvalue weighted by atomic mass is 9.99. The zero-order valence-electron chi connectivity index (χ0n) is 18.7. The maximum absolute atomic E-state index is 14.4. The summed E-state index contributed by atoms with van der Waals surface area (Å²) < 4.78 is 25.9. The number of aliphatic carboxylic acids is 1. The van der Waals surface area contributed by atoms with Gasteiger partial charge in [-0.2, -0.15) is 0 Å². The Morgan fingerprint density at radius 3 is 2.53 bits per heavy atom. The van der Waals surface area contributed by atoms with E-state index in [-0.39, 0.29) is 30.4 Å². The first kappa shape index (κ1) is 22.2. The van der Waals surface area contributed by atoms with Gasteiger partial charge in [-0.25, -0.2) is 4.39 Å². The predicted molar refractivity (Wildman–Crippen MR) is 122 cm³/mol. The van der Waals surface area contributed by atoms with E-state index in [0.717, 1.165) is 43.7 Å². The van der Waals surface area contributed by atoms with Crippen molar-refractivity contribution in [3.8, 4) is 11.5 Å². The number of anilines is 2. The molecular formula is C25H31FN2O4. The molecular weight excluding hydrogens is 411 g/mol. The number of methoxy groups -OCH3 is 1. The molecule has 0 spiro atoms. The van der Waals surface area contributed by atoms with Gasteiger partial charge in [0.15, 0.2) is 0 Å². The van der Waals surface area contributed by atoms with Crippen LogP contribution in [0.2, 0.25) is 0 Å². The van der Waals surface area contributed by atoms with Gasteiger partial charge in [-0.05, 0) is 56.2 Å². The van der Waals surface area contributed by atoms with Crippen molar-refractivity contribution in [3.63, 3.8) is 0 Å². The monoisotopic (exact) mass is 442 g/mol. The summed E-state index contributed by atoms with van der Waals surface area (Å²) >= 11 is 0. The van der Waals surface area contributed by atoms with Crippen LogP contribution in [0.1, 0.15) is 39.0 Å². The first-order valence-electron chi connectivity index (χ1n) is 11.3. The number of benzene rings is 2. The minimum absolute atomic E-state index is 0.0569. The molecule has 3 unspecified atom stereocenters. The second-order valence-corrected chi connectivity index (χ2v) is 8.71. The maximum Gasteiger partial charge on any atom is 0.305 e. The van der Waals surface area contributed by atoms with Crippen LogP contribution in [0.4, 0.5) is 15.8 Å². The van der Waals surface area contributed by atoms with Crippen LogP contribution in [-0.4, -0.2) is 49.5 Å². The van der Waals surface area contributed by atoms with Gasteiger partial charge in [0.25, 0.3) is 0 Å². The summed E-state index contributed by atoms with van der Waals surface area (Å²) in [6, 6.07) is 13.0. The van der Waals surface area contributed by atoms with Gasteiger partial charge in [0.1, 0.15) is 23.4 Å². The van der Waals surface area contributed by atoms with E-state index < -0.39 is 5.97 Å². The third-order valence-corrected chi connectivity index (χ3v) is 6.55. The van der Waals surface area contributed by atoms with Crippen molar-refractivity contribution in [2.45, 2.75) is 57.2 Å². The number of piperidine rings is 1. The number of hydrogen-bond acceptors (Lipinski definition) is 5. The summed E-state index contributed by atoms with van der Waals surface area (Å²) in [5.74, 6) is 0.462. The average Bonchev–Trinajstić information content (AvgIpc) is 3.22. The topological polar surface area (TPSA) is 62.2 Å². The number of carbonyl (C=O) groups is 1. The number of carboxylic acid groups (broad SMARTS) is 1. The van der Waals surface area contributed by atoms with E-state index in [9.17, 15) is 9.18 Å². The summed E-state index contributed by atoms with van der Waals surface area (Å²) in [6.07, 6.45) is 3.76. The van der Waals surface area contributed by atoms with Crippen LogP contribution < -0.4 is 19.3 Å². The largest absolute Gasteiger partial charge is 0.497 e. The predicted octanol–water partition coefficient (Wildman–Crippen LogP) is 4.71. The Bertz CT molecular complexity index is 936. The van der Waals surface area contributed by atoms with Gasteiger partial charge >= 0.3 is 5.97 Å². The van der Waals surface area contributed by atoms with Crippen molar-refractivity contribution in [2.24, 2.45) is 0 Å². The lowest BCUT2D eigenvalue weighted by Crippen LogP contribution is -2.44. The summed E-state index contributed by atoms with van der Waals surface area (Å²) in [6.45, 7) is 3.68. The van der Waals surface area contributed by atoms with E-state index in [4.69, 9.17) is 14.6 Å². The molecule has 2 heterocycles. The fourth-order valence-corrected chi connectivity index (χ4v) is 4.93. The van der Waals surface area contributed by atoms with Gasteiger partial charge in [0.2, 0.25) is 0 Å². The fraction of sp³-hybridized carbons (Fsp3) is 0.480. The molecule has 0 amide bonds. The SMILES string of the molecule is COc1ccc(F)c(N2CCC(Oc3ccc(N4CCCC4CC(=O)O)cc3)CC2C)c1. The highest BCUT2D eigenvalue weighted by molar-refractivity contribution is 5.69. The second kappa shape index (κ2) is 9.67. The second-order valence-electron chi connectivity index (χ2n) is 8.71. The highest BCUT2D eigenvalue weighted by Gasteiger charge is 2.29. The van der Waals surface area contributed by atoms with E-state index in [1.165, 1.54) is 6.07 Å². The molecule has 0 aliphatic carbocycles. The number of carboxylic acids is 1. The fourth-order valence-electron chi connectivity index (χ4n) is 4.93. The molecule has 1 N–H and O–H groups in total.